The zero-order valence-electron chi connectivity index (χ0n) is 9.10. The summed E-state index contributed by atoms with van der Waals surface area (Å²) in [6.45, 7) is 3.96. The van der Waals surface area contributed by atoms with Gasteiger partial charge in [0.2, 0.25) is 0 Å². The van der Waals surface area contributed by atoms with Crippen LogP contribution >= 0.6 is 0 Å². The van der Waals surface area contributed by atoms with Gasteiger partial charge in [-0.05, 0) is 31.8 Å². The van der Waals surface area contributed by atoms with Gasteiger partial charge in [-0.25, -0.2) is 0 Å². The van der Waals surface area contributed by atoms with Crippen LogP contribution in [0, 0.1) is 5.92 Å². The van der Waals surface area contributed by atoms with Crippen LogP contribution in [0.5, 0.6) is 0 Å². The van der Waals surface area contributed by atoms with Crippen molar-refractivity contribution in [3.05, 3.63) is 0 Å². The van der Waals surface area contributed by atoms with Crippen molar-refractivity contribution in [1.82, 2.24) is 0 Å². The van der Waals surface area contributed by atoms with Crippen LogP contribution in [0.1, 0.15) is 51.9 Å². The SMILES string of the molecule is CCC(CCN)CCCCCCN. The van der Waals surface area contributed by atoms with Gasteiger partial charge in [0.25, 0.3) is 0 Å². The smallest absolute Gasteiger partial charge is 0.00746 e. The van der Waals surface area contributed by atoms with Gasteiger partial charge in [0.05, 0.1) is 0 Å². The van der Waals surface area contributed by atoms with Crippen LogP contribution in [0.15, 0.2) is 0 Å². The fourth-order valence-corrected chi connectivity index (χ4v) is 1.72. The van der Waals surface area contributed by atoms with Crippen molar-refractivity contribution in [3.63, 3.8) is 0 Å². The van der Waals surface area contributed by atoms with Crippen LogP contribution in [-0.2, 0) is 0 Å². The molecule has 0 fully saturated rings. The molecule has 0 aliphatic rings. The Hall–Kier alpha value is -0.0800. The van der Waals surface area contributed by atoms with Crippen molar-refractivity contribution in [1.29, 1.82) is 0 Å². The lowest BCUT2D eigenvalue weighted by atomic mass is 9.95. The van der Waals surface area contributed by atoms with Crippen molar-refractivity contribution in [3.8, 4) is 0 Å². The molecule has 13 heavy (non-hydrogen) atoms. The molecular weight excluding hydrogens is 160 g/mol. The van der Waals surface area contributed by atoms with Crippen LogP contribution < -0.4 is 11.5 Å². The molecule has 1 atom stereocenters. The van der Waals surface area contributed by atoms with Gasteiger partial charge in [-0.15, -0.1) is 0 Å². The first kappa shape index (κ1) is 12.9. The normalized spacial score (nSPS) is 13.2. The Bertz CT molecular complexity index is 94.1. The van der Waals surface area contributed by atoms with Gasteiger partial charge >= 0.3 is 0 Å². The average molecular weight is 186 g/mol. The predicted molar refractivity (Wildman–Crippen MR) is 59.6 cm³/mol. The summed E-state index contributed by atoms with van der Waals surface area (Å²) in [5.41, 5.74) is 11.0. The van der Waals surface area contributed by atoms with Gasteiger partial charge in [0.1, 0.15) is 0 Å². The standard InChI is InChI=1S/C11H26N2/c1-2-11(8-10-13)7-5-3-4-6-9-12/h11H,2-10,12-13H2,1H3. The minimum Gasteiger partial charge on any atom is -0.330 e. The molecular formula is C11H26N2. The van der Waals surface area contributed by atoms with Crippen molar-refractivity contribution < 1.29 is 0 Å². The van der Waals surface area contributed by atoms with Gasteiger partial charge in [0, 0.05) is 0 Å². The van der Waals surface area contributed by atoms with E-state index >= 15 is 0 Å². The molecule has 0 heterocycles. The molecule has 0 saturated carbocycles. The molecule has 0 bridgehead atoms. The third kappa shape index (κ3) is 8.26. The Balaban J connectivity index is 3.17. The number of hydrogen-bond acceptors (Lipinski definition) is 2. The number of rotatable bonds is 9. The molecule has 80 valence electrons. The lowest BCUT2D eigenvalue weighted by Gasteiger charge is -2.12. The van der Waals surface area contributed by atoms with E-state index in [4.69, 9.17) is 11.5 Å². The Labute approximate surface area is 83.1 Å². The molecule has 0 rings (SSSR count). The Morgan fingerprint density at radius 2 is 1.54 bits per heavy atom. The van der Waals surface area contributed by atoms with E-state index in [1.807, 2.05) is 0 Å². The molecule has 0 saturated heterocycles. The first-order valence-electron chi connectivity index (χ1n) is 5.75. The molecule has 2 nitrogen and oxygen atoms in total. The second kappa shape index (κ2) is 10.0. The molecule has 2 heteroatoms. The zero-order chi connectivity index (χ0) is 9.94. The van der Waals surface area contributed by atoms with Gasteiger partial charge < -0.3 is 11.5 Å². The van der Waals surface area contributed by atoms with Gasteiger partial charge in [0.15, 0.2) is 0 Å². The molecule has 0 aliphatic heterocycles. The van der Waals surface area contributed by atoms with Crippen LogP contribution in [0.4, 0.5) is 0 Å². The van der Waals surface area contributed by atoms with Crippen LogP contribution in [0.3, 0.4) is 0 Å². The highest BCUT2D eigenvalue weighted by Gasteiger charge is 2.03. The number of unbranched alkanes of at least 4 members (excludes halogenated alkanes) is 3. The topological polar surface area (TPSA) is 52.0 Å². The predicted octanol–water partition coefficient (Wildman–Crippen LogP) is 2.27. The summed E-state index contributed by atoms with van der Waals surface area (Å²) in [7, 11) is 0. The molecule has 0 aromatic carbocycles. The molecule has 0 radical (unpaired) electrons. The summed E-state index contributed by atoms with van der Waals surface area (Å²) in [4.78, 5) is 0. The fourth-order valence-electron chi connectivity index (χ4n) is 1.72. The fraction of sp³-hybridized carbons (Fsp3) is 1.00. The minimum absolute atomic E-state index is 0.847. The van der Waals surface area contributed by atoms with Crippen LogP contribution in [-0.4, -0.2) is 13.1 Å². The summed E-state index contributed by atoms with van der Waals surface area (Å²) in [5, 5.41) is 0. The number of nitrogens with two attached hydrogens (primary N) is 2. The highest BCUT2D eigenvalue weighted by Crippen LogP contribution is 2.16. The first-order chi connectivity index (χ1) is 6.35. The van der Waals surface area contributed by atoms with E-state index in [0.29, 0.717) is 0 Å². The molecule has 4 N–H and O–H groups in total. The van der Waals surface area contributed by atoms with E-state index in [9.17, 15) is 0 Å². The molecule has 1 unspecified atom stereocenters. The van der Waals surface area contributed by atoms with E-state index in [-0.39, 0.29) is 0 Å². The summed E-state index contributed by atoms with van der Waals surface area (Å²) in [5.74, 6) is 0.864. The highest BCUT2D eigenvalue weighted by atomic mass is 14.5. The Kier molecular flexibility index (Phi) is 9.94. The van der Waals surface area contributed by atoms with Gasteiger partial charge in [-0.2, -0.15) is 0 Å². The van der Waals surface area contributed by atoms with Gasteiger partial charge in [-0.3, -0.25) is 0 Å². The van der Waals surface area contributed by atoms with Crippen molar-refractivity contribution in [2.24, 2.45) is 17.4 Å². The Morgan fingerprint density at radius 3 is 2.08 bits per heavy atom. The monoisotopic (exact) mass is 186 g/mol. The summed E-state index contributed by atoms with van der Waals surface area (Å²) < 4.78 is 0. The molecule has 0 spiro atoms. The third-order valence-corrected chi connectivity index (χ3v) is 2.72. The summed E-state index contributed by atoms with van der Waals surface area (Å²) in [6, 6.07) is 0. The number of hydrogen-bond donors (Lipinski definition) is 2. The maximum absolute atomic E-state index is 5.54. The zero-order valence-corrected chi connectivity index (χ0v) is 9.10. The van der Waals surface area contributed by atoms with E-state index in [0.717, 1.165) is 19.0 Å². The summed E-state index contributed by atoms with van der Waals surface area (Å²) in [6.07, 6.45) is 9.04. The second-order valence-corrected chi connectivity index (χ2v) is 3.84. The molecule has 0 aromatic rings. The first-order valence-corrected chi connectivity index (χ1v) is 5.75. The minimum atomic E-state index is 0.847. The third-order valence-electron chi connectivity index (χ3n) is 2.72. The van der Waals surface area contributed by atoms with Crippen LogP contribution in [0.2, 0.25) is 0 Å². The summed E-state index contributed by atoms with van der Waals surface area (Å²) >= 11 is 0. The Morgan fingerprint density at radius 1 is 0.846 bits per heavy atom. The molecule has 0 amide bonds. The van der Waals surface area contributed by atoms with Crippen molar-refractivity contribution in [2.75, 3.05) is 13.1 Å². The van der Waals surface area contributed by atoms with Crippen LogP contribution in [0.25, 0.3) is 0 Å². The largest absolute Gasteiger partial charge is 0.330 e. The maximum atomic E-state index is 5.54. The maximum Gasteiger partial charge on any atom is -0.00746 e. The quantitative estimate of drug-likeness (QED) is 0.543. The van der Waals surface area contributed by atoms with E-state index in [2.05, 4.69) is 6.92 Å². The van der Waals surface area contributed by atoms with Crippen molar-refractivity contribution in [2.45, 2.75) is 51.9 Å². The lowest BCUT2D eigenvalue weighted by molar-refractivity contribution is 0.418. The van der Waals surface area contributed by atoms with E-state index in [1.165, 1.54) is 44.9 Å². The molecule has 0 aliphatic carbocycles. The second-order valence-electron chi connectivity index (χ2n) is 3.84. The highest BCUT2D eigenvalue weighted by molar-refractivity contribution is 4.58. The van der Waals surface area contributed by atoms with Crippen molar-refractivity contribution >= 4 is 0 Å². The van der Waals surface area contributed by atoms with E-state index < -0.39 is 0 Å². The van der Waals surface area contributed by atoms with E-state index in [1.54, 1.807) is 0 Å². The average Bonchev–Trinajstić information content (AvgIpc) is 2.16. The molecule has 0 aromatic heterocycles. The van der Waals surface area contributed by atoms with Gasteiger partial charge in [-0.1, -0.05) is 39.0 Å². The lowest BCUT2D eigenvalue weighted by Crippen LogP contribution is -2.08.